The molecule has 144 valence electrons. The monoisotopic (exact) mass is 466 g/mol. The van der Waals surface area contributed by atoms with Crippen LogP contribution in [-0.2, 0) is 11.3 Å². The van der Waals surface area contributed by atoms with Crippen molar-refractivity contribution in [1.82, 2.24) is 15.0 Å². The summed E-state index contributed by atoms with van der Waals surface area (Å²) in [4.78, 5) is 30.8. The van der Waals surface area contributed by atoms with Gasteiger partial charge in [-0.2, -0.15) is 5.10 Å². The van der Waals surface area contributed by atoms with Crippen LogP contribution in [0.1, 0.15) is 5.56 Å². The van der Waals surface area contributed by atoms with Gasteiger partial charge in [0.15, 0.2) is 0 Å². The summed E-state index contributed by atoms with van der Waals surface area (Å²) in [5, 5.41) is 4.43. The zero-order valence-electron chi connectivity index (χ0n) is 15.1. The van der Waals surface area contributed by atoms with Crippen LogP contribution < -0.4 is 11.0 Å². The molecule has 8 heteroatoms. The number of thiophene rings is 1. The van der Waals surface area contributed by atoms with Crippen LogP contribution in [0.25, 0.3) is 20.7 Å². The van der Waals surface area contributed by atoms with Gasteiger partial charge in [0.1, 0.15) is 11.4 Å². The number of hydrazone groups is 1. The van der Waals surface area contributed by atoms with Crippen molar-refractivity contribution in [3.05, 3.63) is 87.4 Å². The van der Waals surface area contributed by atoms with E-state index in [4.69, 9.17) is 0 Å². The van der Waals surface area contributed by atoms with Gasteiger partial charge in [-0.05, 0) is 29.3 Å². The molecular weight excluding hydrogens is 452 g/mol. The van der Waals surface area contributed by atoms with E-state index in [9.17, 15) is 9.59 Å². The van der Waals surface area contributed by atoms with Crippen LogP contribution >= 0.6 is 27.3 Å². The second-order valence-corrected chi connectivity index (χ2v) is 8.16. The van der Waals surface area contributed by atoms with Crippen molar-refractivity contribution in [2.24, 2.45) is 5.10 Å². The van der Waals surface area contributed by atoms with E-state index in [-0.39, 0.29) is 12.1 Å². The quantitative estimate of drug-likeness (QED) is 0.356. The minimum Gasteiger partial charge on any atom is -0.289 e. The summed E-state index contributed by atoms with van der Waals surface area (Å²) in [5.74, 6) is -0.403. The molecular formula is C21H15BrN4O2S. The van der Waals surface area contributed by atoms with Gasteiger partial charge >= 0.3 is 0 Å². The van der Waals surface area contributed by atoms with Gasteiger partial charge in [-0.15, -0.1) is 11.3 Å². The maximum Gasteiger partial charge on any atom is 0.262 e. The number of nitrogens with one attached hydrogen (secondary N) is 1. The van der Waals surface area contributed by atoms with Gasteiger partial charge in [-0.25, -0.2) is 10.4 Å². The van der Waals surface area contributed by atoms with Crippen molar-refractivity contribution in [3.8, 4) is 10.4 Å². The lowest BCUT2D eigenvalue weighted by atomic mass is 10.2. The summed E-state index contributed by atoms with van der Waals surface area (Å²) < 4.78 is 2.25. The number of carbonyl (C=O) groups is 1. The molecule has 2 heterocycles. The summed E-state index contributed by atoms with van der Waals surface area (Å²) in [6.45, 7) is -0.157. The molecule has 4 rings (SSSR count). The first-order valence-corrected chi connectivity index (χ1v) is 10.3. The number of rotatable bonds is 5. The lowest BCUT2D eigenvalue weighted by Crippen LogP contribution is -2.29. The van der Waals surface area contributed by atoms with Crippen molar-refractivity contribution in [2.75, 3.05) is 0 Å². The van der Waals surface area contributed by atoms with Gasteiger partial charge in [0.25, 0.3) is 11.5 Å². The zero-order chi connectivity index (χ0) is 20.2. The number of halogens is 1. The Bertz CT molecular complexity index is 1250. The summed E-state index contributed by atoms with van der Waals surface area (Å²) >= 11 is 4.81. The number of fused-ring (bicyclic) bond motifs is 1. The average molecular weight is 467 g/mol. The molecule has 0 unspecified atom stereocenters. The van der Waals surface area contributed by atoms with E-state index in [1.165, 1.54) is 22.2 Å². The molecule has 2 aromatic heterocycles. The van der Waals surface area contributed by atoms with Gasteiger partial charge < -0.3 is 0 Å². The molecule has 0 aliphatic heterocycles. The topological polar surface area (TPSA) is 76.3 Å². The Labute approximate surface area is 178 Å². The molecule has 0 atom stereocenters. The summed E-state index contributed by atoms with van der Waals surface area (Å²) in [5.41, 5.74) is 4.06. The highest BCUT2D eigenvalue weighted by atomic mass is 79.9. The Kier molecular flexibility index (Phi) is 5.64. The van der Waals surface area contributed by atoms with Crippen molar-refractivity contribution < 1.29 is 4.79 Å². The van der Waals surface area contributed by atoms with Crippen LogP contribution in [0.15, 0.2) is 81.4 Å². The minimum atomic E-state index is -0.403. The first-order chi connectivity index (χ1) is 14.1. The fraction of sp³-hybridized carbons (Fsp3) is 0.0476. The number of nitrogens with zero attached hydrogens (tertiary/aromatic N) is 3. The van der Waals surface area contributed by atoms with Gasteiger partial charge in [0.05, 0.1) is 17.9 Å². The molecule has 2 aromatic carbocycles. The molecule has 1 N–H and O–H groups in total. The van der Waals surface area contributed by atoms with Crippen molar-refractivity contribution in [1.29, 1.82) is 0 Å². The van der Waals surface area contributed by atoms with E-state index < -0.39 is 5.91 Å². The first-order valence-electron chi connectivity index (χ1n) is 8.72. The molecule has 6 nitrogen and oxygen atoms in total. The summed E-state index contributed by atoms with van der Waals surface area (Å²) in [6, 6.07) is 19.1. The third kappa shape index (κ3) is 4.49. The third-order valence-electron chi connectivity index (χ3n) is 4.16. The predicted octanol–water partition coefficient (Wildman–Crippen LogP) is 4.04. The molecule has 4 aromatic rings. The summed E-state index contributed by atoms with van der Waals surface area (Å²) in [7, 11) is 0. The highest BCUT2D eigenvalue weighted by Crippen LogP contribution is 2.30. The number of hydrogen-bond acceptors (Lipinski definition) is 5. The maximum absolute atomic E-state index is 12.7. The van der Waals surface area contributed by atoms with Crippen molar-refractivity contribution >= 4 is 49.6 Å². The van der Waals surface area contributed by atoms with Crippen LogP contribution in [0.3, 0.4) is 0 Å². The molecule has 0 aliphatic carbocycles. The van der Waals surface area contributed by atoms with Crippen LogP contribution in [0.5, 0.6) is 0 Å². The SMILES string of the molecule is O=C(Cn1cnc2sc(-c3ccccc3)cc2c1=O)NN=Cc1ccc(Br)cc1. The van der Waals surface area contributed by atoms with E-state index in [0.29, 0.717) is 10.2 Å². The van der Waals surface area contributed by atoms with E-state index in [1.54, 1.807) is 6.21 Å². The lowest BCUT2D eigenvalue weighted by Gasteiger charge is -2.03. The summed E-state index contributed by atoms with van der Waals surface area (Å²) in [6.07, 6.45) is 2.94. The van der Waals surface area contributed by atoms with E-state index in [1.807, 2.05) is 60.7 Å². The van der Waals surface area contributed by atoms with Crippen LogP contribution in [0, 0.1) is 0 Å². The van der Waals surface area contributed by atoms with Crippen LogP contribution in [-0.4, -0.2) is 21.7 Å². The number of benzene rings is 2. The van der Waals surface area contributed by atoms with Gasteiger partial charge in [0.2, 0.25) is 0 Å². The normalized spacial score (nSPS) is 11.2. The third-order valence-corrected chi connectivity index (χ3v) is 5.78. The number of hydrogen-bond donors (Lipinski definition) is 1. The zero-order valence-corrected chi connectivity index (χ0v) is 17.5. The second-order valence-electron chi connectivity index (χ2n) is 6.22. The van der Waals surface area contributed by atoms with E-state index in [0.717, 1.165) is 20.5 Å². The Hall–Kier alpha value is -3.10. The number of aromatic nitrogens is 2. The molecule has 0 aliphatic rings. The molecule has 1 amide bonds. The Morgan fingerprint density at radius 3 is 2.69 bits per heavy atom. The maximum atomic E-state index is 12.7. The molecule has 0 spiro atoms. The standard InChI is InChI=1S/C21H15BrN4O2S/c22-16-8-6-14(7-9-16)11-24-25-19(27)12-26-13-23-20-17(21(26)28)10-18(29-20)15-4-2-1-3-5-15/h1-11,13H,12H2,(H,25,27). The average Bonchev–Trinajstić information content (AvgIpc) is 3.18. The highest BCUT2D eigenvalue weighted by molar-refractivity contribution is 9.10. The molecule has 0 radical (unpaired) electrons. The molecule has 0 saturated heterocycles. The molecule has 0 bridgehead atoms. The Balaban J connectivity index is 1.49. The number of amides is 1. The van der Waals surface area contributed by atoms with Crippen LogP contribution in [0.4, 0.5) is 0 Å². The van der Waals surface area contributed by atoms with Gasteiger partial charge in [-0.3, -0.25) is 14.2 Å². The second kappa shape index (κ2) is 8.50. The largest absolute Gasteiger partial charge is 0.289 e. The number of carbonyl (C=O) groups excluding carboxylic acids is 1. The van der Waals surface area contributed by atoms with Gasteiger partial charge in [0, 0.05) is 9.35 Å². The first kappa shape index (κ1) is 19.2. The fourth-order valence-corrected chi connectivity index (χ4v) is 3.99. The Morgan fingerprint density at radius 2 is 1.93 bits per heavy atom. The predicted molar refractivity (Wildman–Crippen MR) is 119 cm³/mol. The van der Waals surface area contributed by atoms with Gasteiger partial charge in [-0.1, -0.05) is 58.4 Å². The van der Waals surface area contributed by atoms with E-state index in [2.05, 4.69) is 31.4 Å². The molecule has 0 fully saturated rings. The van der Waals surface area contributed by atoms with E-state index >= 15 is 0 Å². The fourth-order valence-electron chi connectivity index (χ4n) is 2.73. The molecule has 29 heavy (non-hydrogen) atoms. The lowest BCUT2D eigenvalue weighted by molar-refractivity contribution is -0.121. The Morgan fingerprint density at radius 1 is 1.17 bits per heavy atom. The minimum absolute atomic E-state index is 0.157. The smallest absolute Gasteiger partial charge is 0.262 e. The van der Waals surface area contributed by atoms with Crippen molar-refractivity contribution in [2.45, 2.75) is 6.54 Å². The van der Waals surface area contributed by atoms with Crippen LogP contribution in [0.2, 0.25) is 0 Å². The highest BCUT2D eigenvalue weighted by Gasteiger charge is 2.12. The van der Waals surface area contributed by atoms with Crippen molar-refractivity contribution in [3.63, 3.8) is 0 Å². The molecule has 0 saturated carbocycles.